The van der Waals surface area contributed by atoms with Gasteiger partial charge in [-0.3, -0.25) is 15.0 Å². The van der Waals surface area contributed by atoms with Crippen LogP contribution in [-0.4, -0.2) is 32.3 Å². The van der Waals surface area contributed by atoms with Gasteiger partial charge in [-0.1, -0.05) is 6.92 Å². The molecule has 1 amide bonds. The van der Waals surface area contributed by atoms with E-state index in [1.54, 1.807) is 29.8 Å². The molecule has 0 fully saturated rings. The Labute approximate surface area is 155 Å². The maximum absolute atomic E-state index is 12.6. The zero-order valence-corrected chi connectivity index (χ0v) is 15.5. The van der Waals surface area contributed by atoms with Gasteiger partial charge in [-0.15, -0.1) is 0 Å². The number of benzene rings is 1. The number of ether oxygens (including phenoxy) is 1. The van der Waals surface area contributed by atoms with Gasteiger partial charge in [-0.2, -0.15) is 5.10 Å². The van der Waals surface area contributed by atoms with Crippen LogP contribution in [0.2, 0.25) is 0 Å². The number of nitrogen functional groups attached to an aromatic ring is 1. The molecule has 2 aromatic heterocycles. The Hall–Kier alpha value is -3.20. The van der Waals surface area contributed by atoms with E-state index < -0.39 is 5.91 Å². The van der Waals surface area contributed by atoms with Crippen LogP contribution in [0.25, 0.3) is 22.4 Å². The number of aromatic amines is 1. The first-order chi connectivity index (χ1) is 13.0. The Kier molecular flexibility index (Phi) is 5.22. The molecular weight excluding hydrogens is 348 g/mol. The largest absolute Gasteiger partial charge is 0.493 e. The van der Waals surface area contributed by atoms with Crippen LogP contribution < -0.4 is 21.6 Å². The van der Waals surface area contributed by atoms with E-state index in [4.69, 9.17) is 10.6 Å². The highest BCUT2D eigenvalue weighted by Crippen LogP contribution is 2.29. The second kappa shape index (κ2) is 7.58. The lowest BCUT2D eigenvalue weighted by atomic mass is 10.1. The summed E-state index contributed by atoms with van der Waals surface area (Å²) in [6.45, 7) is 6.76. The molecule has 1 aromatic carbocycles. The van der Waals surface area contributed by atoms with Crippen molar-refractivity contribution in [3.8, 4) is 17.1 Å². The first kappa shape index (κ1) is 18.6. The van der Waals surface area contributed by atoms with Crippen LogP contribution in [0.15, 0.2) is 23.0 Å². The molecule has 0 unspecified atom stereocenters. The Morgan fingerprint density at radius 3 is 2.81 bits per heavy atom. The van der Waals surface area contributed by atoms with E-state index in [-0.39, 0.29) is 5.56 Å². The van der Waals surface area contributed by atoms with Gasteiger partial charge in [-0.05, 0) is 38.5 Å². The van der Waals surface area contributed by atoms with E-state index in [2.05, 4.69) is 20.5 Å². The minimum atomic E-state index is -0.448. The number of hydrogen-bond acceptors (Lipinski definition) is 6. The molecule has 4 N–H and O–H groups in total. The number of H-pyrrole nitrogens is 1. The maximum atomic E-state index is 12.6. The molecule has 0 atom stereocenters. The normalized spacial score (nSPS) is 11.0. The number of hydrazine groups is 1. The third-order valence-electron chi connectivity index (χ3n) is 4.17. The molecule has 0 saturated heterocycles. The lowest BCUT2D eigenvalue weighted by molar-refractivity contribution is 0.0953. The Balaban J connectivity index is 2.24. The van der Waals surface area contributed by atoms with Gasteiger partial charge in [0.1, 0.15) is 17.0 Å². The first-order valence-corrected chi connectivity index (χ1v) is 8.75. The van der Waals surface area contributed by atoms with E-state index in [1.807, 2.05) is 13.8 Å². The predicted molar refractivity (Wildman–Crippen MR) is 101 cm³/mol. The van der Waals surface area contributed by atoms with E-state index in [1.165, 1.54) is 0 Å². The molecule has 3 rings (SSSR count). The van der Waals surface area contributed by atoms with E-state index in [9.17, 15) is 9.59 Å². The average Bonchev–Trinajstić information content (AvgIpc) is 3.01. The van der Waals surface area contributed by atoms with Gasteiger partial charge < -0.3 is 9.72 Å². The Bertz CT molecular complexity index is 1050. The third kappa shape index (κ3) is 3.41. The molecule has 0 spiro atoms. The molecule has 0 radical (unpaired) electrons. The molecule has 2 heterocycles. The lowest BCUT2D eigenvalue weighted by Gasteiger charge is -2.12. The summed E-state index contributed by atoms with van der Waals surface area (Å²) < 4.78 is 7.45. The topological polar surface area (TPSA) is 128 Å². The number of nitrogens with zero attached hydrogens (tertiary/aromatic N) is 3. The summed E-state index contributed by atoms with van der Waals surface area (Å²) in [5.74, 6) is 5.61. The number of nitrogens with two attached hydrogens (primary N) is 1. The zero-order valence-electron chi connectivity index (χ0n) is 15.5. The number of rotatable bonds is 6. The molecule has 9 nitrogen and oxygen atoms in total. The standard InChI is InChI=1S/C18H22N6O3/c1-4-8-27-13-7-6-11(17(25)22-19)9-12(13)15-20-16-14(18(26)21-15)10(3)23-24(16)5-2/h6-7,9H,4-5,8,19H2,1-3H3,(H,22,25)(H,20,21,26). The monoisotopic (exact) mass is 370 g/mol. The molecule has 142 valence electrons. The van der Waals surface area contributed by atoms with Crippen molar-refractivity contribution in [1.82, 2.24) is 25.2 Å². The first-order valence-electron chi connectivity index (χ1n) is 8.75. The fourth-order valence-corrected chi connectivity index (χ4v) is 2.88. The minimum Gasteiger partial charge on any atom is -0.493 e. The number of carbonyl (C=O) groups excluding carboxylic acids is 1. The van der Waals surface area contributed by atoms with Gasteiger partial charge in [0.05, 0.1) is 17.9 Å². The smallest absolute Gasteiger partial charge is 0.265 e. The summed E-state index contributed by atoms with van der Waals surface area (Å²) in [4.78, 5) is 31.9. The lowest BCUT2D eigenvalue weighted by Crippen LogP contribution is -2.30. The van der Waals surface area contributed by atoms with Crippen molar-refractivity contribution in [1.29, 1.82) is 0 Å². The number of nitrogens with one attached hydrogen (secondary N) is 2. The van der Waals surface area contributed by atoms with Crippen molar-refractivity contribution in [3.63, 3.8) is 0 Å². The molecule has 27 heavy (non-hydrogen) atoms. The number of carbonyl (C=O) groups is 1. The Morgan fingerprint density at radius 2 is 2.15 bits per heavy atom. The maximum Gasteiger partial charge on any atom is 0.265 e. The number of amides is 1. The second-order valence-corrected chi connectivity index (χ2v) is 6.05. The number of hydrogen-bond donors (Lipinski definition) is 3. The van der Waals surface area contributed by atoms with E-state index in [0.717, 1.165) is 6.42 Å². The highest BCUT2D eigenvalue weighted by molar-refractivity contribution is 5.95. The van der Waals surface area contributed by atoms with Gasteiger partial charge in [-0.25, -0.2) is 15.5 Å². The third-order valence-corrected chi connectivity index (χ3v) is 4.17. The van der Waals surface area contributed by atoms with E-state index in [0.29, 0.717) is 52.6 Å². The SMILES string of the molecule is CCCOc1ccc(C(=O)NN)cc1-c1nc2c(c(C)nn2CC)c(=O)[nH]1. The molecule has 3 aromatic rings. The van der Waals surface area contributed by atoms with Crippen LogP contribution in [0, 0.1) is 6.92 Å². The average molecular weight is 370 g/mol. The second-order valence-electron chi connectivity index (χ2n) is 6.05. The van der Waals surface area contributed by atoms with Crippen molar-refractivity contribution < 1.29 is 9.53 Å². The summed E-state index contributed by atoms with van der Waals surface area (Å²) in [5.41, 5.74) is 3.75. The van der Waals surface area contributed by atoms with Crippen LogP contribution in [0.3, 0.4) is 0 Å². The van der Waals surface area contributed by atoms with Crippen molar-refractivity contribution in [2.45, 2.75) is 33.7 Å². The van der Waals surface area contributed by atoms with Crippen LogP contribution in [0.5, 0.6) is 5.75 Å². The molecule has 0 aliphatic carbocycles. The minimum absolute atomic E-state index is 0.290. The van der Waals surface area contributed by atoms with Crippen molar-refractivity contribution >= 4 is 16.9 Å². The van der Waals surface area contributed by atoms with Gasteiger partial charge in [0.15, 0.2) is 5.65 Å². The molecule has 0 saturated carbocycles. The van der Waals surface area contributed by atoms with Gasteiger partial charge in [0.2, 0.25) is 0 Å². The highest BCUT2D eigenvalue weighted by Gasteiger charge is 2.18. The molecule has 9 heteroatoms. The molecule has 0 bridgehead atoms. The number of aromatic nitrogens is 4. The van der Waals surface area contributed by atoms with Crippen molar-refractivity contribution in [2.24, 2.45) is 5.84 Å². The van der Waals surface area contributed by atoms with Crippen LogP contribution >= 0.6 is 0 Å². The molecule has 0 aliphatic rings. The quantitative estimate of drug-likeness (QED) is 0.343. The van der Waals surface area contributed by atoms with Gasteiger partial charge in [0, 0.05) is 12.1 Å². The summed E-state index contributed by atoms with van der Waals surface area (Å²) >= 11 is 0. The van der Waals surface area contributed by atoms with Crippen LogP contribution in [-0.2, 0) is 6.54 Å². The summed E-state index contributed by atoms with van der Waals surface area (Å²) in [5, 5.41) is 4.81. The summed E-state index contributed by atoms with van der Waals surface area (Å²) in [7, 11) is 0. The van der Waals surface area contributed by atoms with Crippen LogP contribution in [0.1, 0.15) is 36.3 Å². The fraction of sp³-hybridized carbons (Fsp3) is 0.333. The van der Waals surface area contributed by atoms with Crippen LogP contribution in [0.4, 0.5) is 0 Å². The Morgan fingerprint density at radius 1 is 1.37 bits per heavy atom. The van der Waals surface area contributed by atoms with Crippen molar-refractivity contribution in [3.05, 3.63) is 39.8 Å². The highest BCUT2D eigenvalue weighted by atomic mass is 16.5. The van der Waals surface area contributed by atoms with Gasteiger partial charge >= 0.3 is 0 Å². The summed E-state index contributed by atoms with van der Waals surface area (Å²) in [6, 6.07) is 4.87. The van der Waals surface area contributed by atoms with E-state index >= 15 is 0 Å². The number of fused-ring (bicyclic) bond motifs is 1. The van der Waals surface area contributed by atoms with Gasteiger partial charge in [0.25, 0.3) is 11.5 Å². The zero-order chi connectivity index (χ0) is 19.6. The van der Waals surface area contributed by atoms with Crippen molar-refractivity contribution in [2.75, 3.05) is 6.61 Å². The molecule has 0 aliphatic heterocycles. The number of aryl methyl sites for hydroxylation is 2. The predicted octanol–water partition coefficient (Wildman–Crippen LogP) is 1.51. The summed E-state index contributed by atoms with van der Waals surface area (Å²) in [6.07, 6.45) is 0.815. The fourth-order valence-electron chi connectivity index (χ4n) is 2.88. The molecular formula is C18H22N6O3.